The van der Waals surface area contributed by atoms with Crippen LogP contribution in [0.4, 0.5) is 0 Å². The van der Waals surface area contributed by atoms with Gasteiger partial charge in [-0.1, -0.05) is 0 Å². The quantitative estimate of drug-likeness (QED) is 0.706. The molecule has 1 heterocycles. The van der Waals surface area contributed by atoms with Crippen molar-refractivity contribution < 1.29 is 4.74 Å². The summed E-state index contributed by atoms with van der Waals surface area (Å²) in [5.74, 6) is 0.794. The van der Waals surface area contributed by atoms with E-state index in [4.69, 9.17) is 10.00 Å². The van der Waals surface area contributed by atoms with Crippen molar-refractivity contribution in [3.05, 3.63) is 35.5 Å². The zero-order valence-electron chi connectivity index (χ0n) is 8.61. The van der Waals surface area contributed by atoms with Gasteiger partial charge in [0.1, 0.15) is 5.75 Å². The molecular formula is C12H10N2O. The number of methoxy groups -OCH3 is 1. The fourth-order valence-corrected chi connectivity index (χ4v) is 1.56. The molecule has 15 heavy (non-hydrogen) atoms. The topological polar surface area (TPSA) is 45.9 Å². The van der Waals surface area contributed by atoms with Crippen molar-refractivity contribution in [2.24, 2.45) is 0 Å². The molecule has 0 fully saturated rings. The van der Waals surface area contributed by atoms with Gasteiger partial charge >= 0.3 is 0 Å². The van der Waals surface area contributed by atoms with Gasteiger partial charge in [0.2, 0.25) is 0 Å². The van der Waals surface area contributed by atoms with Crippen molar-refractivity contribution in [1.29, 1.82) is 5.26 Å². The lowest BCUT2D eigenvalue weighted by Gasteiger charge is -2.06. The Labute approximate surface area is 87.9 Å². The maximum atomic E-state index is 8.78. The summed E-state index contributed by atoms with van der Waals surface area (Å²) in [6, 6.07) is 9.37. The van der Waals surface area contributed by atoms with E-state index in [1.807, 2.05) is 19.1 Å². The van der Waals surface area contributed by atoms with Gasteiger partial charge in [-0.15, -0.1) is 0 Å². The number of ether oxygens (including phenoxy) is 1. The largest absolute Gasteiger partial charge is 0.496 e. The summed E-state index contributed by atoms with van der Waals surface area (Å²) in [6.45, 7) is 1.90. The van der Waals surface area contributed by atoms with Crippen molar-refractivity contribution in [1.82, 2.24) is 4.98 Å². The van der Waals surface area contributed by atoms with Crippen molar-refractivity contribution >= 4 is 10.9 Å². The fraction of sp³-hybridized carbons (Fsp3) is 0.167. The minimum Gasteiger partial charge on any atom is -0.496 e. The van der Waals surface area contributed by atoms with Gasteiger partial charge < -0.3 is 4.74 Å². The molecule has 74 valence electrons. The highest BCUT2D eigenvalue weighted by atomic mass is 16.5. The molecule has 0 spiro atoms. The van der Waals surface area contributed by atoms with Crippen LogP contribution < -0.4 is 4.74 Å². The molecule has 3 heteroatoms. The summed E-state index contributed by atoms with van der Waals surface area (Å²) >= 11 is 0. The second-order valence-electron chi connectivity index (χ2n) is 3.31. The van der Waals surface area contributed by atoms with Crippen molar-refractivity contribution in [2.45, 2.75) is 6.92 Å². The summed E-state index contributed by atoms with van der Waals surface area (Å²) in [4.78, 5) is 4.36. The zero-order valence-corrected chi connectivity index (χ0v) is 8.61. The lowest BCUT2D eigenvalue weighted by Crippen LogP contribution is -1.90. The summed E-state index contributed by atoms with van der Waals surface area (Å²) in [5, 5.41) is 9.72. The van der Waals surface area contributed by atoms with Crippen LogP contribution in [-0.4, -0.2) is 12.1 Å². The Morgan fingerprint density at radius 2 is 2.13 bits per heavy atom. The lowest BCUT2D eigenvalue weighted by molar-refractivity contribution is 0.419. The van der Waals surface area contributed by atoms with Gasteiger partial charge in [0, 0.05) is 17.1 Å². The third-order valence-electron chi connectivity index (χ3n) is 2.25. The Bertz CT molecular complexity index is 555. The Morgan fingerprint density at radius 3 is 2.80 bits per heavy atom. The zero-order chi connectivity index (χ0) is 10.8. The van der Waals surface area contributed by atoms with Crippen molar-refractivity contribution in [2.75, 3.05) is 7.11 Å². The first-order chi connectivity index (χ1) is 7.24. The third kappa shape index (κ3) is 1.62. The number of rotatable bonds is 1. The highest BCUT2D eigenvalue weighted by molar-refractivity contribution is 5.86. The van der Waals surface area contributed by atoms with Crippen LogP contribution in [0.3, 0.4) is 0 Å². The number of benzene rings is 1. The molecule has 0 saturated carbocycles. The molecule has 3 nitrogen and oxygen atoms in total. The van der Waals surface area contributed by atoms with Crippen LogP contribution in [0.5, 0.6) is 5.75 Å². The number of aryl methyl sites for hydroxylation is 1. The summed E-state index contributed by atoms with van der Waals surface area (Å²) < 4.78 is 5.26. The predicted molar refractivity (Wildman–Crippen MR) is 57.7 cm³/mol. The monoisotopic (exact) mass is 198 g/mol. The Hall–Kier alpha value is -2.08. The van der Waals surface area contributed by atoms with Gasteiger partial charge in [0.05, 0.1) is 24.3 Å². The van der Waals surface area contributed by atoms with E-state index in [0.29, 0.717) is 5.56 Å². The number of nitrogens with zero attached hydrogens (tertiary/aromatic N) is 2. The molecule has 0 bridgehead atoms. The molecule has 0 aliphatic heterocycles. The molecule has 0 unspecified atom stereocenters. The molecular weight excluding hydrogens is 188 g/mol. The number of aromatic nitrogens is 1. The molecule has 0 saturated heterocycles. The van der Waals surface area contributed by atoms with Gasteiger partial charge in [0.15, 0.2) is 0 Å². The van der Waals surface area contributed by atoms with Gasteiger partial charge in [-0.05, 0) is 25.1 Å². The van der Waals surface area contributed by atoms with Gasteiger partial charge in [0.25, 0.3) is 0 Å². The molecule has 2 aromatic rings. The first-order valence-corrected chi connectivity index (χ1v) is 4.60. The van der Waals surface area contributed by atoms with E-state index in [-0.39, 0.29) is 0 Å². The molecule has 0 aliphatic carbocycles. The van der Waals surface area contributed by atoms with Crippen LogP contribution in [0.15, 0.2) is 24.3 Å². The average Bonchev–Trinajstić information content (AvgIpc) is 2.26. The molecule has 0 radical (unpaired) electrons. The number of hydrogen-bond donors (Lipinski definition) is 0. The molecule has 0 N–H and O–H groups in total. The molecule has 1 aromatic heterocycles. The minimum atomic E-state index is 0.614. The Kier molecular flexibility index (Phi) is 2.26. The fourth-order valence-electron chi connectivity index (χ4n) is 1.56. The number of fused-ring (bicyclic) bond motifs is 1. The molecule has 0 amide bonds. The Morgan fingerprint density at radius 1 is 1.33 bits per heavy atom. The van der Waals surface area contributed by atoms with E-state index >= 15 is 0 Å². The van der Waals surface area contributed by atoms with Crippen LogP contribution in [0, 0.1) is 18.3 Å². The van der Waals surface area contributed by atoms with Crippen LogP contribution >= 0.6 is 0 Å². The highest BCUT2D eigenvalue weighted by Gasteiger charge is 2.04. The second-order valence-corrected chi connectivity index (χ2v) is 3.31. The average molecular weight is 198 g/mol. The second kappa shape index (κ2) is 3.58. The van der Waals surface area contributed by atoms with E-state index in [0.717, 1.165) is 22.3 Å². The van der Waals surface area contributed by atoms with Crippen LogP contribution in [0.25, 0.3) is 10.9 Å². The normalized spacial score (nSPS) is 9.93. The molecule has 0 aliphatic rings. The maximum Gasteiger partial charge on any atom is 0.130 e. The number of hydrogen-bond acceptors (Lipinski definition) is 3. The molecule has 2 rings (SSSR count). The SMILES string of the molecule is COc1cc(C)nc2cc(C#N)ccc12. The van der Waals surface area contributed by atoms with E-state index in [9.17, 15) is 0 Å². The van der Waals surface area contributed by atoms with E-state index in [1.165, 1.54) is 0 Å². The standard InChI is InChI=1S/C12H10N2O/c1-8-5-12(15-2)10-4-3-9(7-13)6-11(10)14-8/h3-6H,1-2H3. The van der Waals surface area contributed by atoms with Crippen LogP contribution in [0.2, 0.25) is 0 Å². The summed E-state index contributed by atoms with van der Waals surface area (Å²) in [5.41, 5.74) is 2.29. The predicted octanol–water partition coefficient (Wildman–Crippen LogP) is 2.42. The number of nitriles is 1. The Balaban J connectivity index is 2.79. The smallest absolute Gasteiger partial charge is 0.130 e. The summed E-state index contributed by atoms with van der Waals surface area (Å²) in [6.07, 6.45) is 0. The van der Waals surface area contributed by atoms with Crippen molar-refractivity contribution in [3.8, 4) is 11.8 Å². The number of pyridine rings is 1. The first-order valence-electron chi connectivity index (χ1n) is 4.60. The van der Waals surface area contributed by atoms with Gasteiger partial charge in [-0.2, -0.15) is 5.26 Å². The van der Waals surface area contributed by atoms with E-state index in [1.54, 1.807) is 19.2 Å². The van der Waals surface area contributed by atoms with Crippen LogP contribution in [-0.2, 0) is 0 Å². The van der Waals surface area contributed by atoms with E-state index in [2.05, 4.69) is 11.1 Å². The lowest BCUT2D eigenvalue weighted by atomic mass is 10.1. The van der Waals surface area contributed by atoms with Crippen LogP contribution in [0.1, 0.15) is 11.3 Å². The summed E-state index contributed by atoms with van der Waals surface area (Å²) in [7, 11) is 1.63. The highest BCUT2D eigenvalue weighted by Crippen LogP contribution is 2.25. The van der Waals surface area contributed by atoms with Gasteiger partial charge in [-0.3, -0.25) is 4.98 Å². The third-order valence-corrected chi connectivity index (χ3v) is 2.25. The van der Waals surface area contributed by atoms with Crippen molar-refractivity contribution in [3.63, 3.8) is 0 Å². The molecule has 1 aromatic carbocycles. The maximum absolute atomic E-state index is 8.78. The van der Waals surface area contributed by atoms with Gasteiger partial charge in [-0.25, -0.2) is 0 Å². The minimum absolute atomic E-state index is 0.614. The van der Waals surface area contributed by atoms with E-state index < -0.39 is 0 Å². The molecule has 0 atom stereocenters. The first kappa shape index (κ1) is 9.47.